The lowest BCUT2D eigenvalue weighted by Crippen LogP contribution is -2.60. The Labute approximate surface area is 278 Å². The predicted molar refractivity (Wildman–Crippen MR) is 185 cm³/mol. The minimum Gasteiger partial charge on any atom is -0.374 e. The average molecular weight is 627 g/mol. The van der Waals surface area contributed by atoms with E-state index in [0.29, 0.717) is 33.0 Å². The van der Waals surface area contributed by atoms with Crippen LogP contribution in [-0.2, 0) is 50.1 Å². The van der Waals surface area contributed by atoms with Gasteiger partial charge in [-0.25, -0.2) is 0 Å². The largest absolute Gasteiger partial charge is 0.374 e. The first kappa shape index (κ1) is 32.6. The van der Waals surface area contributed by atoms with Gasteiger partial charge in [0.1, 0.15) is 30.5 Å². The Bertz CT molecular complexity index is 1600. The van der Waals surface area contributed by atoms with E-state index in [1.54, 1.807) is 0 Å². The highest BCUT2D eigenvalue weighted by molar-refractivity contribution is 5.49. The maximum atomic E-state index is 6.89. The zero-order valence-electron chi connectivity index (χ0n) is 26.6. The first-order chi connectivity index (χ1) is 23.3. The first-order valence-corrected chi connectivity index (χ1v) is 16.3. The van der Waals surface area contributed by atoms with Crippen LogP contribution in [0.5, 0.6) is 0 Å². The molecule has 5 atom stereocenters. The number of ether oxygens (including phenoxy) is 5. The van der Waals surface area contributed by atoms with Gasteiger partial charge in [-0.3, -0.25) is 0 Å². The molecule has 1 aliphatic heterocycles. The molecule has 5 heteroatoms. The van der Waals surface area contributed by atoms with E-state index in [1.165, 1.54) is 0 Å². The van der Waals surface area contributed by atoms with Crippen LogP contribution in [0.3, 0.4) is 0 Å². The third-order valence-corrected chi connectivity index (χ3v) is 8.20. The van der Waals surface area contributed by atoms with E-state index in [1.807, 2.05) is 91.0 Å². The Kier molecular flexibility index (Phi) is 12.1. The van der Waals surface area contributed by atoms with Crippen molar-refractivity contribution in [1.29, 1.82) is 0 Å². The lowest BCUT2D eigenvalue weighted by atomic mass is 9.93. The van der Waals surface area contributed by atoms with Crippen LogP contribution in [0.1, 0.15) is 27.8 Å². The summed E-state index contributed by atoms with van der Waals surface area (Å²) >= 11 is 0. The number of hydrogen-bond acceptors (Lipinski definition) is 5. The van der Waals surface area contributed by atoms with Gasteiger partial charge in [0.15, 0.2) is 0 Å². The summed E-state index contributed by atoms with van der Waals surface area (Å²) in [6.45, 7) is 2.04. The van der Waals surface area contributed by atoms with Crippen LogP contribution in [0.15, 0.2) is 158 Å². The molecule has 0 saturated carbocycles. The summed E-state index contributed by atoms with van der Waals surface area (Å²) in [5, 5.41) is 0. The second kappa shape index (κ2) is 17.5. The molecule has 0 aromatic heterocycles. The zero-order chi connectivity index (χ0) is 31.9. The van der Waals surface area contributed by atoms with E-state index < -0.39 is 30.5 Å². The number of hydrogen-bond donors (Lipinski definition) is 0. The minimum absolute atomic E-state index is 0.334. The quantitative estimate of drug-likeness (QED) is 0.117. The fraction of sp³-hybridized carbons (Fsp3) is 0.238. The molecular formula is C42H42O5. The molecule has 1 heterocycles. The fourth-order valence-corrected chi connectivity index (χ4v) is 5.75. The van der Waals surface area contributed by atoms with Gasteiger partial charge in [-0.2, -0.15) is 0 Å². The van der Waals surface area contributed by atoms with Crippen LogP contribution in [0.4, 0.5) is 0 Å². The van der Waals surface area contributed by atoms with Crippen molar-refractivity contribution in [2.75, 3.05) is 6.61 Å². The molecule has 0 N–H and O–H groups in total. The predicted octanol–water partition coefficient (Wildman–Crippen LogP) is 8.44. The molecule has 1 fully saturated rings. The van der Waals surface area contributed by atoms with E-state index >= 15 is 0 Å². The molecule has 1 aliphatic rings. The summed E-state index contributed by atoms with van der Waals surface area (Å²) in [7, 11) is 0. The summed E-state index contributed by atoms with van der Waals surface area (Å²) in [5.41, 5.74) is 5.42. The van der Waals surface area contributed by atoms with Gasteiger partial charge in [0.2, 0.25) is 0 Å². The SMILES string of the molecule is C(=C\[C@H]1O[C@H](COCc2ccccc2)[C@@H](OCc2ccccc2)[C@H](OCc2ccccc2)[C@@H]1OCc1ccccc1)/c1ccccc1. The van der Waals surface area contributed by atoms with E-state index in [4.69, 9.17) is 23.7 Å². The average Bonchev–Trinajstić information content (AvgIpc) is 3.14. The van der Waals surface area contributed by atoms with Crippen molar-refractivity contribution >= 4 is 6.08 Å². The van der Waals surface area contributed by atoms with Crippen molar-refractivity contribution in [3.05, 3.63) is 186 Å². The normalized spacial score (nSPS) is 21.1. The van der Waals surface area contributed by atoms with Gasteiger partial charge in [0.05, 0.1) is 33.0 Å². The van der Waals surface area contributed by atoms with Crippen LogP contribution in [0, 0.1) is 0 Å². The Morgan fingerprint density at radius 3 is 1.34 bits per heavy atom. The fourth-order valence-electron chi connectivity index (χ4n) is 5.75. The lowest BCUT2D eigenvalue weighted by molar-refractivity contribution is -0.263. The summed E-state index contributed by atoms with van der Waals surface area (Å²) in [6, 6.07) is 51.0. The Morgan fingerprint density at radius 1 is 0.447 bits per heavy atom. The minimum atomic E-state index is -0.461. The Morgan fingerprint density at radius 2 is 0.851 bits per heavy atom. The van der Waals surface area contributed by atoms with Crippen molar-refractivity contribution in [2.45, 2.75) is 56.9 Å². The van der Waals surface area contributed by atoms with Gasteiger partial charge in [-0.05, 0) is 27.8 Å². The molecule has 5 aromatic carbocycles. The highest BCUT2D eigenvalue weighted by Gasteiger charge is 2.47. The first-order valence-electron chi connectivity index (χ1n) is 16.3. The van der Waals surface area contributed by atoms with Crippen molar-refractivity contribution in [3.63, 3.8) is 0 Å². The second-order valence-corrected chi connectivity index (χ2v) is 11.7. The van der Waals surface area contributed by atoms with Crippen LogP contribution < -0.4 is 0 Å². The van der Waals surface area contributed by atoms with Gasteiger partial charge >= 0.3 is 0 Å². The maximum absolute atomic E-state index is 6.89. The van der Waals surface area contributed by atoms with Crippen molar-refractivity contribution in [2.24, 2.45) is 0 Å². The van der Waals surface area contributed by atoms with Gasteiger partial charge in [-0.1, -0.05) is 164 Å². The topological polar surface area (TPSA) is 46.2 Å². The molecule has 5 nitrogen and oxygen atoms in total. The molecule has 0 aliphatic carbocycles. The van der Waals surface area contributed by atoms with E-state index in [9.17, 15) is 0 Å². The lowest BCUT2D eigenvalue weighted by Gasteiger charge is -2.45. The molecule has 6 rings (SSSR count). The maximum Gasteiger partial charge on any atom is 0.116 e. The number of rotatable bonds is 15. The summed E-state index contributed by atoms with van der Waals surface area (Å²) < 4.78 is 33.5. The summed E-state index contributed by atoms with van der Waals surface area (Å²) in [4.78, 5) is 0. The highest BCUT2D eigenvalue weighted by Crippen LogP contribution is 2.32. The molecule has 1 saturated heterocycles. The van der Waals surface area contributed by atoms with Crippen molar-refractivity contribution < 1.29 is 23.7 Å². The second-order valence-electron chi connectivity index (χ2n) is 11.7. The third-order valence-electron chi connectivity index (χ3n) is 8.20. The highest BCUT2D eigenvalue weighted by atomic mass is 16.6. The van der Waals surface area contributed by atoms with Crippen LogP contribution >= 0.6 is 0 Å². The standard InChI is InChI=1S/C42H42O5/c1-6-16-33(17-7-1)26-27-38-40(44-29-35-20-10-3-11-21-35)42(46-31-37-24-14-5-15-25-37)41(45-30-36-22-12-4-13-23-36)39(47-38)32-43-28-34-18-8-2-9-19-34/h1-27,38-42H,28-32H2/b27-26+/t38-,39-,40-,41-,42-/m1/s1. The van der Waals surface area contributed by atoms with Gasteiger partial charge < -0.3 is 23.7 Å². The zero-order valence-corrected chi connectivity index (χ0v) is 26.6. The molecular weight excluding hydrogens is 584 g/mol. The molecule has 5 aromatic rings. The molecule has 0 bridgehead atoms. The van der Waals surface area contributed by atoms with Crippen molar-refractivity contribution in [1.82, 2.24) is 0 Å². The third kappa shape index (κ3) is 9.82. The van der Waals surface area contributed by atoms with Gasteiger partial charge in [0, 0.05) is 0 Å². The van der Waals surface area contributed by atoms with Crippen LogP contribution in [0.2, 0.25) is 0 Å². The number of benzene rings is 5. The molecule has 0 radical (unpaired) electrons. The Hall–Kier alpha value is -4.36. The molecule has 0 spiro atoms. The summed E-state index contributed by atoms with van der Waals surface area (Å²) in [5.74, 6) is 0. The Balaban J connectivity index is 1.32. The van der Waals surface area contributed by atoms with E-state index in [-0.39, 0.29) is 0 Å². The van der Waals surface area contributed by atoms with E-state index in [2.05, 4.69) is 72.8 Å². The summed E-state index contributed by atoms with van der Waals surface area (Å²) in [6.07, 6.45) is 1.98. The smallest absolute Gasteiger partial charge is 0.116 e. The monoisotopic (exact) mass is 626 g/mol. The molecule has 0 unspecified atom stereocenters. The molecule has 240 valence electrons. The van der Waals surface area contributed by atoms with Gasteiger partial charge in [0.25, 0.3) is 0 Å². The molecule has 47 heavy (non-hydrogen) atoms. The van der Waals surface area contributed by atoms with Crippen molar-refractivity contribution in [3.8, 4) is 0 Å². The van der Waals surface area contributed by atoms with E-state index in [0.717, 1.165) is 27.8 Å². The molecule has 0 amide bonds. The van der Waals surface area contributed by atoms with Crippen LogP contribution in [-0.4, -0.2) is 37.1 Å². The van der Waals surface area contributed by atoms with Gasteiger partial charge in [-0.15, -0.1) is 0 Å². The van der Waals surface area contributed by atoms with Crippen LogP contribution in [0.25, 0.3) is 6.08 Å².